The van der Waals surface area contributed by atoms with Crippen molar-refractivity contribution in [1.29, 1.82) is 0 Å². The van der Waals surface area contributed by atoms with Crippen molar-refractivity contribution < 1.29 is 4.79 Å². The van der Waals surface area contributed by atoms with E-state index in [1.807, 2.05) is 18.5 Å². The van der Waals surface area contributed by atoms with Crippen LogP contribution in [-0.4, -0.2) is 15.6 Å². The highest BCUT2D eigenvalue weighted by Gasteiger charge is 2.22. The molecule has 1 aliphatic rings. The Morgan fingerprint density at radius 3 is 2.41 bits per heavy atom. The lowest BCUT2D eigenvalue weighted by Gasteiger charge is -2.20. The zero-order valence-electron chi connectivity index (χ0n) is 11.1. The highest BCUT2D eigenvalue weighted by molar-refractivity contribution is 5.80. The second-order valence-electron chi connectivity index (χ2n) is 5.25. The molecule has 1 aliphatic carbocycles. The molecular weight excluding hydrogens is 212 g/mol. The van der Waals surface area contributed by atoms with Crippen molar-refractivity contribution in [1.82, 2.24) is 9.78 Å². The molecule has 0 radical (unpaired) electrons. The maximum Gasteiger partial charge on any atom is 0.157 e. The van der Waals surface area contributed by atoms with Crippen LogP contribution < -0.4 is 0 Å². The molecule has 3 heteroatoms. The summed E-state index contributed by atoms with van der Waals surface area (Å²) in [6.07, 6.45) is 5.89. The Labute approximate surface area is 103 Å². The van der Waals surface area contributed by atoms with Gasteiger partial charge in [-0.1, -0.05) is 19.3 Å². The van der Waals surface area contributed by atoms with Crippen LogP contribution in [0.4, 0.5) is 0 Å². The van der Waals surface area contributed by atoms with E-state index in [0.717, 1.165) is 24.2 Å². The molecule has 0 N–H and O–H groups in total. The van der Waals surface area contributed by atoms with Gasteiger partial charge in [0, 0.05) is 11.6 Å². The van der Waals surface area contributed by atoms with Gasteiger partial charge in [0.05, 0.1) is 5.69 Å². The number of ketones is 1. The maximum absolute atomic E-state index is 12.2. The van der Waals surface area contributed by atoms with E-state index in [1.54, 1.807) is 0 Å². The van der Waals surface area contributed by atoms with Crippen LogP contribution in [0, 0.1) is 26.7 Å². The van der Waals surface area contributed by atoms with Crippen molar-refractivity contribution in [3.05, 3.63) is 17.0 Å². The minimum Gasteiger partial charge on any atom is -0.297 e. The van der Waals surface area contributed by atoms with Crippen LogP contribution in [0.3, 0.4) is 0 Å². The van der Waals surface area contributed by atoms with E-state index in [2.05, 4.69) is 12.0 Å². The number of rotatable bonds is 3. The highest BCUT2D eigenvalue weighted by atomic mass is 16.1. The summed E-state index contributed by atoms with van der Waals surface area (Å²) in [7, 11) is 0. The molecule has 0 unspecified atom stereocenters. The van der Waals surface area contributed by atoms with Gasteiger partial charge in [0.15, 0.2) is 5.78 Å². The topological polar surface area (TPSA) is 34.9 Å². The van der Waals surface area contributed by atoms with Gasteiger partial charge in [-0.3, -0.25) is 9.48 Å². The molecule has 2 rings (SSSR count). The molecule has 0 spiro atoms. The van der Waals surface area contributed by atoms with Gasteiger partial charge in [-0.25, -0.2) is 0 Å². The van der Waals surface area contributed by atoms with E-state index in [0.29, 0.717) is 12.3 Å². The lowest BCUT2D eigenvalue weighted by Crippen LogP contribution is -2.23. The van der Waals surface area contributed by atoms with Crippen molar-refractivity contribution in [3.8, 4) is 0 Å². The second-order valence-corrected chi connectivity index (χ2v) is 5.25. The first-order valence-corrected chi connectivity index (χ1v) is 6.63. The lowest BCUT2D eigenvalue weighted by atomic mass is 9.86. The Bertz CT molecular complexity index is 414. The van der Waals surface area contributed by atoms with Crippen LogP contribution in [0.5, 0.6) is 0 Å². The molecule has 0 aromatic carbocycles. The number of aryl methyl sites for hydroxylation is 1. The van der Waals surface area contributed by atoms with Gasteiger partial charge in [-0.2, -0.15) is 5.10 Å². The van der Waals surface area contributed by atoms with Gasteiger partial charge in [-0.05, 0) is 39.2 Å². The number of Topliss-reactive ketones (excluding diaryl/α,β-unsaturated/α-hetero) is 1. The number of hydrogen-bond donors (Lipinski definition) is 0. The summed E-state index contributed by atoms with van der Waals surface area (Å²) in [5.41, 5.74) is 3.38. The molecule has 0 saturated heterocycles. The molecule has 1 aromatic rings. The Balaban J connectivity index is 2.04. The Hall–Kier alpha value is -1.12. The van der Waals surface area contributed by atoms with Gasteiger partial charge in [0.2, 0.25) is 0 Å². The third kappa shape index (κ3) is 2.59. The molecular formula is C14H22N2O. The number of aromatic nitrogens is 2. The van der Waals surface area contributed by atoms with Gasteiger partial charge in [0.25, 0.3) is 0 Å². The molecule has 0 atom stereocenters. The van der Waals surface area contributed by atoms with Crippen molar-refractivity contribution in [2.75, 3.05) is 0 Å². The first-order valence-electron chi connectivity index (χ1n) is 6.63. The summed E-state index contributed by atoms with van der Waals surface area (Å²) in [6, 6.07) is 0. The Morgan fingerprint density at radius 2 is 1.88 bits per heavy atom. The fraction of sp³-hybridized carbons (Fsp3) is 0.714. The fourth-order valence-corrected chi connectivity index (χ4v) is 2.64. The SMILES string of the molecule is Cc1nn(CC(=O)C2CCCCC2)c(C)c1C. The third-order valence-electron chi connectivity index (χ3n) is 4.11. The minimum absolute atomic E-state index is 0.285. The van der Waals surface area contributed by atoms with E-state index in [9.17, 15) is 4.79 Å². The lowest BCUT2D eigenvalue weighted by molar-refractivity contribution is -0.124. The van der Waals surface area contributed by atoms with Gasteiger partial charge < -0.3 is 0 Å². The first kappa shape index (κ1) is 12.3. The van der Waals surface area contributed by atoms with E-state index in [-0.39, 0.29) is 5.92 Å². The average molecular weight is 234 g/mol. The molecule has 1 saturated carbocycles. The normalized spacial score (nSPS) is 17.4. The molecule has 0 amide bonds. The van der Waals surface area contributed by atoms with Gasteiger partial charge in [-0.15, -0.1) is 0 Å². The average Bonchev–Trinajstić information content (AvgIpc) is 2.58. The largest absolute Gasteiger partial charge is 0.297 e. The summed E-state index contributed by atoms with van der Waals surface area (Å²) in [6.45, 7) is 6.58. The zero-order valence-corrected chi connectivity index (χ0v) is 11.1. The Kier molecular flexibility index (Phi) is 3.65. The standard InChI is InChI=1S/C14H22N2O/c1-10-11(2)15-16(12(10)3)9-14(17)13-7-5-4-6-8-13/h13H,4-9H2,1-3H3. The molecule has 0 bridgehead atoms. The quantitative estimate of drug-likeness (QED) is 0.806. The fourth-order valence-electron chi connectivity index (χ4n) is 2.64. The van der Waals surface area contributed by atoms with Crippen molar-refractivity contribution in [2.24, 2.45) is 5.92 Å². The number of carbonyl (C=O) groups excluding carboxylic acids is 1. The summed E-state index contributed by atoms with van der Waals surface area (Å²) in [5.74, 6) is 0.656. The predicted octanol–water partition coefficient (Wildman–Crippen LogP) is 2.96. The molecule has 1 fully saturated rings. The van der Waals surface area contributed by atoms with Crippen LogP contribution in [0.2, 0.25) is 0 Å². The number of hydrogen-bond acceptors (Lipinski definition) is 2. The van der Waals surface area contributed by atoms with E-state index >= 15 is 0 Å². The number of nitrogens with zero attached hydrogens (tertiary/aromatic N) is 2. The van der Waals surface area contributed by atoms with Crippen LogP contribution in [0.25, 0.3) is 0 Å². The number of carbonyl (C=O) groups is 1. The van der Waals surface area contributed by atoms with Crippen LogP contribution in [0.15, 0.2) is 0 Å². The second kappa shape index (κ2) is 5.03. The molecule has 3 nitrogen and oxygen atoms in total. The van der Waals surface area contributed by atoms with Crippen LogP contribution in [-0.2, 0) is 11.3 Å². The minimum atomic E-state index is 0.285. The van der Waals surface area contributed by atoms with Crippen molar-refractivity contribution in [3.63, 3.8) is 0 Å². The van der Waals surface area contributed by atoms with E-state index in [4.69, 9.17) is 0 Å². The van der Waals surface area contributed by atoms with Crippen LogP contribution in [0.1, 0.15) is 49.1 Å². The molecule has 94 valence electrons. The molecule has 0 aliphatic heterocycles. The summed E-state index contributed by atoms with van der Waals surface area (Å²) in [5, 5.41) is 4.44. The predicted molar refractivity (Wildman–Crippen MR) is 68.0 cm³/mol. The molecule has 17 heavy (non-hydrogen) atoms. The smallest absolute Gasteiger partial charge is 0.157 e. The third-order valence-corrected chi connectivity index (χ3v) is 4.11. The van der Waals surface area contributed by atoms with Crippen molar-refractivity contribution in [2.45, 2.75) is 59.4 Å². The monoisotopic (exact) mass is 234 g/mol. The molecule has 1 heterocycles. The van der Waals surface area contributed by atoms with Gasteiger partial charge in [0.1, 0.15) is 6.54 Å². The van der Waals surface area contributed by atoms with Crippen molar-refractivity contribution >= 4 is 5.78 Å². The Morgan fingerprint density at radius 1 is 1.24 bits per heavy atom. The summed E-state index contributed by atoms with van der Waals surface area (Å²) in [4.78, 5) is 12.2. The molecule has 1 aromatic heterocycles. The summed E-state index contributed by atoms with van der Waals surface area (Å²) >= 11 is 0. The highest BCUT2D eigenvalue weighted by Crippen LogP contribution is 2.25. The van der Waals surface area contributed by atoms with E-state index in [1.165, 1.54) is 24.8 Å². The first-order chi connectivity index (χ1) is 8.09. The maximum atomic E-state index is 12.2. The summed E-state index contributed by atoms with van der Waals surface area (Å²) < 4.78 is 1.88. The van der Waals surface area contributed by atoms with E-state index < -0.39 is 0 Å². The van der Waals surface area contributed by atoms with Gasteiger partial charge >= 0.3 is 0 Å². The zero-order chi connectivity index (χ0) is 12.4. The van der Waals surface area contributed by atoms with Crippen LogP contribution >= 0.6 is 0 Å².